The van der Waals surface area contributed by atoms with Gasteiger partial charge in [-0.15, -0.1) is 0 Å². The summed E-state index contributed by atoms with van der Waals surface area (Å²) in [5.41, 5.74) is 0.498. The molecule has 0 aliphatic carbocycles. The van der Waals surface area contributed by atoms with Crippen LogP contribution in [0.3, 0.4) is 0 Å². The van der Waals surface area contributed by atoms with Gasteiger partial charge in [0.2, 0.25) is 0 Å². The molecule has 124 valence electrons. The Kier molecular flexibility index (Phi) is 4.19. The van der Waals surface area contributed by atoms with Gasteiger partial charge in [0.05, 0.1) is 15.5 Å². The summed E-state index contributed by atoms with van der Waals surface area (Å²) in [7, 11) is -3.78. The fourth-order valence-electron chi connectivity index (χ4n) is 2.41. The van der Waals surface area contributed by atoms with E-state index in [-0.39, 0.29) is 27.3 Å². The molecule has 3 aromatic rings. The predicted octanol–water partition coefficient (Wildman–Crippen LogP) is 3.77. The van der Waals surface area contributed by atoms with Crippen LogP contribution >= 0.6 is 11.6 Å². The Bertz CT molecular complexity index is 1020. The van der Waals surface area contributed by atoms with Gasteiger partial charge in [0.25, 0.3) is 10.0 Å². The average molecular weight is 363 g/mol. The van der Waals surface area contributed by atoms with Crippen molar-refractivity contribution in [2.75, 3.05) is 0 Å². The Labute approximate surface area is 144 Å². The lowest BCUT2D eigenvalue weighted by molar-refractivity contribution is 0.0939. The number of halogens is 1. The molecule has 3 rings (SSSR count). The molecular weight excluding hydrogens is 348 g/mol. The van der Waals surface area contributed by atoms with E-state index < -0.39 is 10.0 Å². The van der Waals surface area contributed by atoms with Crippen molar-refractivity contribution < 1.29 is 13.2 Å². The van der Waals surface area contributed by atoms with E-state index in [4.69, 9.17) is 11.6 Å². The third-order valence-corrected chi connectivity index (χ3v) is 5.79. The number of rotatable bonds is 4. The summed E-state index contributed by atoms with van der Waals surface area (Å²) in [5.74, 6) is -0.357. The van der Waals surface area contributed by atoms with Crippen molar-refractivity contribution in [2.45, 2.75) is 18.7 Å². The monoisotopic (exact) mass is 362 g/mol. The van der Waals surface area contributed by atoms with Crippen LogP contribution in [0.4, 0.5) is 0 Å². The van der Waals surface area contributed by atoms with Crippen molar-refractivity contribution in [2.24, 2.45) is 5.92 Å². The number of ketones is 1. The molecule has 0 saturated carbocycles. The maximum Gasteiger partial charge on any atom is 0.269 e. The van der Waals surface area contributed by atoms with E-state index in [0.717, 1.165) is 3.97 Å². The number of benzene rings is 1. The molecular formula is C17H15ClN2O3S. The van der Waals surface area contributed by atoms with Gasteiger partial charge in [-0.25, -0.2) is 17.4 Å². The Morgan fingerprint density at radius 1 is 1.17 bits per heavy atom. The zero-order valence-corrected chi connectivity index (χ0v) is 14.7. The maximum atomic E-state index is 12.8. The molecule has 2 heterocycles. The lowest BCUT2D eigenvalue weighted by Crippen LogP contribution is -2.13. The zero-order valence-electron chi connectivity index (χ0n) is 13.1. The molecule has 1 aromatic carbocycles. The standard InChI is InChI=1S/C17H15ClN2O3S/c1-11(2)16(21)14-10-19-17-13(15(14)18)8-9-20(17)24(22,23)12-6-4-3-5-7-12/h3-11H,1-2H3. The normalized spacial score (nSPS) is 12.0. The number of hydrogen-bond acceptors (Lipinski definition) is 4. The second-order valence-corrected chi connectivity index (χ2v) is 7.86. The minimum atomic E-state index is -3.78. The molecule has 0 fully saturated rings. The van der Waals surface area contributed by atoms with Crippen LogP contribution in [0.1, 0.15) is 24.2 Å². The highest BCUT2D eigenvalue weighted by Crippen LogP contribution is 2.30. The molecule has 0 aliphatic rings. The Balaban J connectivity index is 2.20. The van der Waals surface area contributed by atoms with Gasteiger partial charge in [-0.1, -0.05) is 43.6 Å². The molecule has 0 atom stereocenters. The van der Waals surface area contributed by atoms with Crippen molar-refractivity contribution in [1.82, 2.24) is 8.96 Å². The largest absolute Gasteiger partial charge is 0.294 e. The van der Waals surface area contributed by atoms with Crippen LogP contribution in [0.25, 0.3) is 11.0 Å². The number of aromatic nitrogens is 2. The van der Waals surface area contributed by atoms with Crippen molar-refractivity contribution >= 4 is 38.4 Å². The number of nitrogens with zero attached hydrogens (tertiary/aromatic N) is 2. The van der Waals surface area contributed by atoms with E-state index in [2.05, 4.69) is 4.98 Å². The van der Waals surface area contributed by atoms with E-state index in [1.165, 1.54) is 24.5 Å². The molecule has 0 N–H and O–H groups in total. The molecule has 0 unspecified atom stereocenters. The SMILES string of the molecule is CC(C)C(=O)c1cnc2c(ccn2S(=O)(=O)c2ccccc2)c1Cl. The maximum absolute atomic E-state index is 12.8. The third-order valence-electron chi connectivity index (χ3n) is 3.70. The van der Waals surface area contributed by atoms with E-state index in [0.29, 0.717) is 10.9 Å². The molecule has 0 bridgehead atoms. The van der Waals surface area contributed by atoms with Gasteiger partial charge in [0, 0.05) is 23.7 Å². The Morgan fingerprint density at radius 3 is 2.46 bits per heavy atom. The van der Waals surface area contributed by atoms with Crippen LogP contribution in [-0.2, 0) is 10.0 Å². The smallest absolute Gasteiger partial charge is 0.269 e. The van der Waals surface area contributed by atoms with E-state index >= 15 is 0 Å². The molecule has 0 saturated heterocycles. The number of carbonyl (C=O) groups excluding carboxylic acids is 1. The molecule has 5 nitrogen and oxygen atoms in total. The Hall–Kier alpha value is -2.18. The molecule has 7 heteroatoms. The predicted molar refractivity (Wildman–Crippen MR) is 92.9 cm³/mol. The van der Waals surface area contributed by atoms with Crippen LogP contribution in [0.15, 0.2) is 53.7 Å². The summed E-state index contributed by atoms with van der Waals surface area (Å²) >= 11 is 6.32. The number of Topliss-reactive ketones (excluding diaryl/α,β-unsaturated/α-hetero) is 1. The Morgan fingerprint density at radius 2 is 1.83 bits per heavy atom. The number of hydrogen-bond donors (Lipinski definition) is 0. The molecule has 24 heavy (non-hydrogen) atoms. The van der Waals surface area contributed by atoms with Gasteiger partial charge in [0.1, 0.15) is 0 Å². The van der Waals surface area contributed by atoms with E-state index in [1.54, 1.807) is 38.1 Å². The van der Waals surface area contributed by atoms with Crippen LogP contribution in [-0.4, -0.2) is 23.2 Å². The second kappa shape index (κ2) is 6.03. The molecule has 0 radical (unpaired) electrons. The molecule has 0 spiro atoms. The van der Waals surface area contributed by atoms with Crippen LogP contribution < -0.4 is 0 Å². The molecule has 0 aliphatic heterocycles. The van der Waals surface area contributed by atoms with Gasteiger partial charge in [-0.3, -0.25) is 4.79 Å². The van der Waals surface area contributed by atoms with Crippen LogP contribution in [0, 0.1) is 5.92 Å². The highest BCUT2D eigenvalue weighted by atomic mass is 35.5. The zero-order chi connectivity index (χ0) is 17.5. The lowest BCUT2D eigenvalue weighted by Gasteiger charge is -2.09. The van der Waals surface area contributed by atoms with Gasteiger partial charge in [0.15, 0.2) is 11.4 Å². The highest BCUT2D eigenvalue weighted by Gasteiger charge is 2.23. The van der Waals surface area contributed by atoms with Crippen LogP contribution in [0.5, 0.6) is 0 Å². The van der Waals surface area contributed by atoms with Crippen molar-refractivity contribution in [3.8, 4) is 0 Å². The number of pyridine rings is 1. The van der Waals surface area contributed by atoms with Gasteiger partial charge in [-0.2, -0.15) is 0 Å². The van der Waals surface area contributed by atoms with Crippen molar-refractivity contribution in [3.63, 3.8) is 0 Å². The minimum Gasteiger partial charge on any atom is -0.294 e. The first-order valence-corrected chi connectivity index (χ1v) is 9.16. The summed E-state index contributed by atoms with van der Waals surface area (Å²) in [6.07, 6.45) is 2.74. The van der Waals surface area contributed by atoms with Gasteiger partial charge >= 0.3 is 0 Å². The summed E-state index contributed by atoms with van der Waals surface area (Å²) in [6, 6.07) is 9.63. The number of carbonyl (C=O) groups is 1. The first-order valence-electron chi connectivity index (χ1n) is 7.34. The van der Waals surface area contributed by atoms with Gasteiger partial charge < -0.3 is 0 Å². The minimum absolute atomic E-state index is 0.131. The summed E-state index contributed by atoms with van der Waals surface area (Å²) in [4.78, 5) is 16.5. The highest BCUT2D eigenvalue weighted by molar-refractivity contribution is 7.90. The molecule has 2 aromatic heterocycles. The summed E-state index contributed by atoms with van der Waals surface area (Å²) in [5, 5.41) is 0.656. The fraction of sp³-hybridized carbons (Fsp3) is 0.176. The number of fused-ring (bicyclic) bond motifs is 1. The second-order valence-electron chi connectivity index (χ2n) is 5.67. The molecule has 0 amide bonds. The van der Waals surface area contributed by atoms with Crippen molar-refractivity contribution in [1.29, 1.82) is 0 Å². The first-order chi connectivity index (χ1) is 11.3. The summed E-state index contributed by atoms with van der Waals surface area (Å²) in [6.45, 7) is 3.54. The topological polar surface area (TPSA) is 69.0 Å². The van der Waals surface area contributed by atoms with E-state index in [9.17, 15) is 13.2 Å². The van der Waals surface area contributed by atoms with Gasteiger partial charge in [-0.05, 0) is 18.2 Å². The fourth-order valence-corrected chi connectivity index (χ4v) is 4.03. The quantitative estimate of drug-likeness (QED) is 0.662. The van der Waals surface area contributed by atoms with E-state index in [1.807, 2.05) is 0 Å². The third kappa shape index (κ3) is 2.61. The average Bonchev–Trinajstić information content (AvgIpc) is 3.01. The van der Waals surface area contributed by atoms with Crippen LogP contribution in [0.2, 0.25) is 5.02 Å². The lowest BCUT2D eigenvalue weighted by atomic mass is 10.0. The first kappa shape index (κ1) is 16.7. The van der Waals surface area contributed by atoms with Crippen molar-refractivity contribution in [3.05, 3.63) is 59.4 Å². The summed E-state index contributed by atoms with van der Waals surface area (Å²) < 4.78 is 26.6.